The van der Waals surface area contributed by atoms with Crippen LogP contribution in [-0.2, 0) is 11.3 Å². The SMILES string of the molecule is CCCN(CC1CC1)C[C@@H](OC(=O)NCc1cccc(NC(=O)Nc2ccc(-c3cnco3)c(OC)c2)c1)c1ccccc1. The van der Waals surface area contributed by atoms with E-state index in [0.717, 1.165) is 42.1 Å². The van der Waals surface area contributed by atoms with Crippen LogP contribution in [-0.4, -0.2) is 48.8 Å². The molecule has 0 aliphatic heterocycles. The van der Waals surface area contributed by atoms with Crippen molar-refractivity contribution in [2.24, 2.45) is 5.92 Å². The molecule has 10 heteroatoms. The van der Waals surface area contributed by atoms with Crippen molar-refractivity contribution in [3.05, 3.63) is 96.5 Å². The zero-order chi connectivity index (χ0) is 30.7. The molecule has 1 atom stereocenters. The first kappa shape index (κ1) is 30.6. The molecular weight excluding hydrogens is 558 g/mol. The first-order chi connectivity index (χ1) is 21.5. The zero-order valence-electron chi connectivity index (χ0n) is 25.1. The highest BCUT2D eigenvalue weighted by Gasteiger charge is 2.27. The molecule has 3 amide bonds. The van der Waals surface area contributed by atoms with Gasteiger partial charge in [-0.15, -0.1) is 0 Å². The molecular formula is C34H39N5O5. The molecule has 3 N–H and O–H groups in total. The number of ether oxygens (including phenoxy) is 2. The van der Waals surface area contributed by atoms with Gasteiger partial charge in [0.2, 0.25) is 0 Å². The summed E-state index contributed by atoms with van der Waals surface area (Å²) in [4.78, 5) is 32.0. The van der Waals surface area contributed by atoms with Crippen LogP contribution in [0.3, 0.4) is 0 Å². The van der Waals surface area contributed by atoms with Gasteiger partial charge < -0.3 is 29.8 Å². The van der Waals surface area contributed by atoms with Crippen LogP contribution in [0.2, 0.25) is 0 Å². The zero-order valence-corrected chi connectivity index (χ0v) is 25.1. The molecule has 44 heavy (non-hydrogen) atoms. The molecule has 0 bridgehead atoms. The summed E-state index contributed by atoms with van der Waals surface area (Å²) < 4.78 is 16.8. The maximum atomic E-state index is 12.9. The van der Waals surface area contributed by atoms with Crippen molar-refractivity contribution < 1.29 is 23.5 Å². The maximum Gasteiger partial charge on any atom is 0.408 e. The molecule has 3 aromatic carbocycles. The third kappa shape index (κ3) is 8.84. The number of amides is 3. The van der Waals surface area contributed by atoms with Crippen LogP contribution in [0.25, 0.3) is 11.3 Å². The molecule has 5 rings (SSSR count). The minimum absolute atomic E-state index is 0.249. The van der Waals surface area contributed by atoms with E-state index in [4.69, 9.17) is 13.9 Å². The number of anilines is 2. The van der Waals surface area contributed by atoms with Gasteiger partial charge in [-0.05, 0) is 67.1 Å². The Labute approximate surface area is 257 Å². The van der Waals surface area contributed by atoms with E-state index < -0.39 is 12.1 Å². The van der Waals surface area contributed by atoms with Crippen molar-refractivity contribution in [2.75, 3.05) is 37.4 Å². The van der Waals surface area contributed by atoms with E-state index in [9.17, 15) is 9.59 Å². The van der Waals surface area contributed by atoms with Gasteiger partial charge in [0.05, 0.1) is 18.9 Å². The van der Waals surface area contributed by atoms with Gasteiger partial charge in [0.25, 0.3) is 0 Å². The highest BCUT2D eigenvalue weighted by atomic mass is 16.6. The quantitative estimate of drug-likeness (QED) is 0.142. The Bertz CT molecular complexity index is 1510. The number of urea groups is 1. The van der Waals surface area contributed by atoms with E-state index in [1.54, 1.807) is 43.6 Å². The molecule has 1 heterocycles. The van der Waals surface area contributed by atoms with E-state index in [0.29, 0.717) is 29.4 Å². The number of nitrogens with one attached hydrogen (secondary N) is 3. The van der Waals surface area contributed by atoms with Gasteiger partial charge in [-0.25, -0.2) is 14.6 Å². The summed E-state index contributed by atoms with van der Waals surface area (Å²) in [5.41, 5.74) is 3.64. The number of oxazole rings is 1. The first-order valence-corrected chi connectivity index (χ1v) is 15.0. The number of hydrogen-bond donors (Lipinski definition) is 3. The van der Waals surface area contributed by atoms with Gasteiger partial charge in [0.15, 0.2) is 12.2 Å². The van der Waals surface area contributed by atoms with Crippen LogP contribution < -0.4 is 20.7 Å². The van der Waals surface area contributed by atoms with Gasteiger partial charge in [-0.2, -0.15) is 0 Å². The summed E-state index contributed by atoms with van der Waals surface area (Å²) in [6, 6.07) is 22.0. The second kappa shape index (κ2) is 15.1. The second-order valence-corrected chi connectivity index (χ2v) is 10.9. The Morgan fingerprint density at radius 3 is 2.52 bits per heavy atom. The van der Waals surface area contributed by atoms with Crippen LogP contribution in [0.1, 0.15) is 43.4 Å². The van der Waals surface area contributed by atoms with E-state index in [1.807, 2.05) is 42.5 Å². The Balaban J connectivity index is 1.15. The van der Waals surface area contributed by atoms with Crippen molar-refractivity contribution in [3.8, 4) is 17.1 Å². The largest absolute Gasteiger partial charge is 0.496 e. The molecule has 1 aromatic heterocycles. The number of methoxy groups -OCH3 is 1. The summed E-state index contributed by atoms with van der Waals surface area (Å²) in [6.45, 7) is 5.09. The number of carbonyl (C=O) groups is 2. The molecule has 0 spiro atoms. The third-order valence-corrected chi connectivity index (χ3v) is 7.38. The third-order valence-electron chi connectivity index (χ3n) is 7.38. The van der Waals surface area contributed by atoms with E-state index in [-0.39, 0.29) is 12.6 Å². The fraction of sp³-hybridized carbons (Fsp3) is 0.324. The van der Waals surface area contributed by atoms with E-state index in [2.05, 4.69) is 32.8 Å². The lowest BCUT2D eigenvalue weighted by molar-refractivity contribution is 0.0676. The smallest absolute Gasteiger partial charge is 0.408 e. The second-order valence-electron chi connectivity index (χ2n) is 10.9. The molecule has 1 aliphatic rings. The normalized spacial score (nSPS) is 13.2. The number of carbonyl (C=O) groups excluding carboxylic acids is 2. The number of hydrogen-bond acceptors (Lipinski definition) is 7. The Hall–Kier alpha value is -4.83. The van der Waals surface area contributed by atoms with Crippen molar-refractivity contribution in [1.82, 2.24) is 15.2 Å². The average molecular weight is 598 g/mol. The summed E-state index contributed by atoms with van der Waals surface area (Å²) in [5, 5.41) is 8.52. The molecule has 0 saturated heterocycles. The minimum Gasteiger partial charge on any atom is -0.496 e. The number of benzene rings is 3. The van der Waals surface area contributed by atoms with Crippen LogP contribution in [0.4, 0.5) is 21.0 Å². The lowest BCUT2D eigenvalue weighted by atomic mass is 10.1. The monoisotopic (exact) mass is 597 g/mol. The van der Waals surface area contributed by atoms with Gasteiger partial charge in [-0.3, -0.25) is 4.90 Å². The number of alkyl carbamates (subject to hydrolysis) is 1. The number of nitrogens with zero attached hydrogens (tertiary/aromatic N) is 2. The van der Waals surface area contributed by atoms with Gasteiger partial charge in [0, 0.05) is 37.1 Å². The van der Waals surface area contributed by atoms with Crippen LogP contribution in [0, 0.1) is 5.92 Å². The van der Waals surface area contributed by atoms with Crippen molar-refractivity contribution >= 4 is 23.5 Å². The summed E-state index contributed by atoms with van der Waals surface area (Å²) in [6.07, 6.45) is 5.69. The lowest BCUT2D eigenvalue weighted by Gasteiger charge is -2.27. The molecule has 1 fully saturated rings. The van der Waals surface area contributed by atoms with Crippen molar-refractivity contribution in [3.63, 3.8) is 0 Å². The molecule has 230 valence electrons. The van der Waals surface area contributed by atoms with Crippen LogP contribution in [0.15, 0.2) is 89.8 Å². The summed E-state index contributed by atoms with van der Waals surface area (Å²) in [5.74, 6) is 1.85. The van der Waals surface area contributed by atoms with Gasteiger partial charge in [0.1, 0.15) is 11.9 Å². The topological polar surface area (TPSA) is 118 Å². The highest BCUT2D eigenvalue weighted by Crippen LogP contribution is 2.33. The predicted molar refractivity (Wildman–Crippen MR) is 170 cm³/mol. The lowest BCUT2D eigenvalue weighted by Crippen LogP contribution is -2.35. The highest BCUT2D eigenvalue weighted by molar-refractivity contribution is 6.00. The maximum absolute atomic E-state index is 12.9. The Morgan fingerprint density at radius 2 is 1.82 bits per heavy atom. The molecule has 0 unspecified atom stereocenters. The predicted octanol–water partition coefficient (Wildman–Crippen LogP) is 7.08. The number of rotatable bonds is 14. The standard InChI is InChI=1S/C34H39N5O5/c1-3-16-39(21-24-12-13-24)22-32(26-9-5-4-6-10-26)44-34(41)36-19-25-8-7-11-27(17-25)37-33(40)38-28-14-15-29(30(18-28)42-2)31-20-35-23-43-31/h4-11,14-15,17-18,20,23-24,32H,3,12-13,16,19,21-22H2,1-2H3,(H,36,41)(H2,37,38,40)/t32-/m1/s1. The number of aromatic nitrogens is 1. The molecule has 0 radical (unpaired) electrons. The van der Waals surface area contributed by atoms with Crippen LogP contribution in [0.5, 0.6) is 5.75 Å². The molecule has 10 nitrogen and oxygen atoms in total. The van der Waals surface area contributed by atoms with Crippen molar-refractivity contribution in [1.29, 1.82) is 0 Å². The Kier molecular flexibility index (Phi) is 10.5. The first-order valence-electron chi connectivity index (χ1n) is 15.0. The summed E-state index contributed by atoms with van der Waals surface area (Å²) in [7, 11) is 1.55. The fourth-order valence-corrected chi connectivity index (χ4v) is 5.07. The minimum atomic E-state index is -0.486. The van der Waals surface area contributed by atoms with E-state index in [1.165, 1.54) is 19.2 Å². The van der Waals surface area contributed by atoms with Crippen molar-refractivity contribution in [2.45, 2.75) is 38.8 Å². The summed E-state index contributed by atoms with van der Waals surface area (Å²) >= 11 is 0. The van der Waals surface area contributed by atoms with Crippen LogP contribution >= 0.6 is 0 Å². The van der Waals surface area contributed by atoms with E-state index >= 15 is 0 Å². The fourth-order valence-electron chi connectivity index (χ4n) is 5.07. The molecule has 1 saturated carbocycles. The molecule has 1 aliphatic carbocycles. The average Bonchev–Trinajstić information content (AvgIpc) is 3.68. The van der Waals surface area contributed by atoms with Gasteiger partial charge in [-0.1, -0.05) is 49.4 Å². The molecule has 4 aromatic rings. The van der Waals surface area contributed by atoms with Gasteiger partial charge >= 0.3 is 12.1 Å². The Morgan fingerprint density at radius 1 is 1.02 bits per heavy atom.